The van der Waals surface area contributed by atoms with Crippen molar-refractivity contribution in [3.63, 3.8) is 0 Å². The Balaban J connectivity index is 1.97. The third kappa shape index (κ3) is 5.72. The molecule has 0 bridgehead atoms. The van der Waals surface area contributed by atoms with Crippen LogP contribution in [0.1, 0.15) is 11.1 Å². The Morgan fingerprint density at radius 2 is 1.30 bits per heavy atom. The molecule has 0 saturated carbocycles. The predicted octanol–water partition coefficient (Wildman–Crippen LogP) is 2.00. The van der Waals surface area contributed by atoms with E-state index in [1.54, 1.807) is 0 Å². The standard InChI is InChI=1S/C17H17N7O6/c1-29-15-7-13(23(25)26)5-3-11(15)9-19-21-17(18)22-20-10-12-4-6-14(24(27)28)8-16(12)30-2/h3-10H,1-2H3,(H3,18,21,22). The summed E-state index contributed by atoms with van der Waals surface area (Å²) in [6, 6.07) is 8.03. The van der Waals surface area contributed by atoms with E-state index in [-0.39, 0.29) is 28.8 Å². The van der Waals surface area contributed by atoms with E-state index in [2.05, 4.69) is 21.1 Å². The highest BCUT2D eigenvalue weighted by molar-refractivity contribution is 5.87. The number of nitro groups is 2. The zero-order valence-corrected chi connectivity index (χ0v) is 15.9. The highest BCUT2D eigenvalue weighted by Gasteiger charge is 2.11. The minimum absolute atomic E-state index is 0.123. The first-order valence-corrected chi connectivity index (χ1v) is 8.17. The lowest BCUT2D eigenvalue weighted by molar-refractivity contribution is -0.385. The van der Waals surface area contributed by atoms with Crippen LogP contribution in [0.4, 0.5) is 11.4 Å². The van der Waals surface area contributed by atoms with Crippen LogP contribution in [0.3, 0.4) is 0 Å². The minimum atomic E-state index is -0.542. The maximum atomic E-state index is 10.8. The molecule has 0 spiro atoms. The van der Waals surface area contributed by atoms with Gasteiger partial charge < -0.3 is 9.47 Å². The Morgan fingerprint density at radius 1 is 0.900 bits per heavy atom. The molecule has 3 N–H and O–H groups in total. The lowest BCUT2D eigenvalue weighted by atomic mass is 10.2. The lowest BCUT2D eigenvalue weighted by Crippen LogP contribution is -2.29. The molecule has 30 heavy (non-hydrogen) atoms. The molecule has 0 fully saturated rings. The van der Waals surface area contributed by atoms with Crippen LogP contribution in [0.25, 0.3) is 0 Å². The van der Waals surface area contributed by atoms with E-state index in [0.717, 1.165) is 0 Å². The van der Waals surface area contributed by atoms with Gasteiger partial charge in [0.25, 0.3) is 11.4 Å². The van der Waals surface area contributed by atoms with Gasteiger partial charge in [0.1, 0.15) is 11.5 Å². The molecule has 13 nitrogen and oxygen atoms in total. The van der Waals surface area contributed by atoms with Gasteiger partial charge in [0.2, 0.25) is 5.96 Å². The summed E-state index contributed by atoms with van der Waals surface area (Å²) in [5, 5.41) is 36.9. The molecule has 0 radical (unpaired) electrons. The molecule has 2 aromatic rings. The number of hydrogen-bond donors (Lipinski definition) is 3. The summed E-state index contributed by atoms with van der Waals surface area (Å²) in [4.78, 5) is 20.5. The van der Waals surface area contributed by atoms with Crippen molar-refractivity contribution in [2.24, 2.45) is 10.2 Å². The van der Waals surface area contributed by atoms with E-state index in [4.69, 9.17) is 14.9 Å². The summed E-state index contributed by atoms with van der Waals surface area (Å²) in [5.74, 6) is 0.222. The Bertz CT molecular complexity index is 942. The molecular formula is C17H17N7O6. The molecule has 0 aliphatic heterocycles. The molecular weight excluding hydrogens is 398 g/mol. The van der Waals surface area contributed by atoms with Gasteiger partial charge in [-0.1, -0.05) is 0 Å². The average molecular weight is 415 g/mol. The second-order valence-electron chi connectivity index (χ2n) is 5.48. The zero-order chi connectivity index (χ0) is 22.1. The Morgan fingerprint density at radius 3 is 1.63 bits per heavy atom. The highest BCUT2D eigenvalue weighted by atomic mass is 16.6. The monoisotopic (exact) mass is 415 g/mol. The van der Waals surface area contributed by atoms with E-state index in [1.807, 2.05) is 0 Å². The number of hydrogen-bond acceptors (Lipinski definition) is 9. The van der Waals surface area contributed by atoms with E-state index >= 15 is 0 Å². The summed E-state index contributed by atoms with van der Waals surface area (Å²) >= 11 is 0. The maximum Gasteiger partial charge on any atom is 0.273 e. The molecule has 13 heteroatoms. The molecule has 2 aromatic carbocycles. The van der Waals surface area contributed by atoms with Gasteiger partial charge in [0, 0.05) is 23.3 Å². The van der Waals surface area contributed by atoms with Gasteiger partial charge in [0.05, 0.1) is 48.6 Å². The zero-order valence-electron chi connectivity index (χ0n) is 15.9. The highest BCUT2D eigenvalue weighted by Crippen LogP contribution is 2.24. The van der Waals surface area contributed by atoms with Gasteiger partial charge in [-0.2, -0.15) is 10.2 Å². The first-order valence-electron chi connectivity index (χ1n) is 8.17. The number of methoxy groups -OCH3 is 2. The average Bonchev–Trinajstić information content (AvgIpc) is 2.73. The molecule has 2 rings (SSSR count). The van der Waals surface area contributed by atoms with Crippen LogP contribution < -0.4 is 20.3 Å². The van der Waals surface area contributed by atoms with Gasteiger partial charge >= 0.3 is 0 Å². The number of rotatable bonds is 8. The van der Waals surface area contributed by atoms with E-state index in [9.17, 15) is 20.2 Å². The van der Waals surface area contributed by atoms with Gasteiger partial charge in [-0.15, -0.1) is 0 Å². The number of non-ortho nitro benzene ring substituents is 2. The first kappa shape index (κ1) is 21.7. The molecule has 156 valence electrons. The third-order valence-corrected chi connectivity index (χ3v) is 3.62. The number of nitrogens with one attached hydrogen (secondary N) is 3. The minimum Gasteiger partial charge on any atom is -0.496 e. The van der Waals surface area contributed by atoms with Gasteiger partial charge in [0.15, 0.2) is 0 Å². The summed E-state index contributed by atoms with van der Waals surface area (Å²) < 4.78 is 10.2. The lowest BCUT2D eigenvalue weighted by Gasteiger charge is -2.05. The summed E-state index contributed by atoms with van der Waals surface area (Å²) in [7, 11) is 2.74. The fourth-order valence-electron chi connectivity index (χ4n) is 2.20. The molecule has 0 amide bonds. The normalized spacial score (nSPS) is 10.7. The van der Waals surface area contributed by atoms with Gasteiger partial charge in [-0.25, -0.2) is 10.9 Å². The van der Waals surface area contributed by atoms with Crippen molar-refractivity contribution in [1.29, 1.82) is 5.41 Å². The van der Waals surface area contributed by atoms with Crippen molar-refractivity contribution in [3.8, 4) is 11.5 Å². The van der Waals surface area contributed by atoms with Crippen LogP contribution >= 0.6 is 0 Å². The summed E-state index contributed by atoms with van der Waals surface area (Å²) in [6.07, 6.45) is 2.64. The maximum absolute atomic E-state index is 10.8. The SMILES string of the molecule is COc1cc([N+](=O)[O-])ccc1C=NNC(=N)NN=Cc1ccc([N+](=O)[O-])cc1OC. The first-order chi connectivity index (χ1) is 14.3. The predicted molar refractivity (Wildman–Crippen MR) is 108 cm³/mol. The topological polar surface area (TPSA) is 177 Å². The number of benzene rings is 2. The molecule has 0 aliphatic rings. The molecule has 0 saturated heterocycles. The second kappa shape index (κ2) is 10.1. The molecule has 0 atom stereocenters. The van der Waals surface area contributed by atoms with Crippen molar-refractivity contribution in [3.05, 3.63) is 67.8 Å². The van der Waals surface area contributed by atoms with Crippen molar-refractivity contribution in [2.45, 2.75) is 0 Å². The number of nitro benzene ring substituents is 2. The van der Waals surface area contributed by atoms with Crippen LogP contribution in [0.15, 0.2) is 46.6 Å². The van der Waals surface area contributed by atoms with Crippen LogP contribution in [0, 0.1) is 25.6 Å². The van der Waals surface area contributed by atoms with Crippen LogP contribution in [-0.2, 0) is 0 Å². The van der Waals surface area contributed by atoms with Crippen molar-refractivity contribution >= 4 is 29.8 Å². The Labute approximate surface area is 169 Å². The van der Waals surface area contributed by atoms with Crippen molar-refractivity contribution < 1.29 is 19.3 Å². The number of ether oxygens (including phenoxy) is 2. The van der Waals surface area contributed by atoms with E-state index in [0.29, 0.717) is 11.1 Å². The fourth-order valence-corrected chi connectivity index (χ4v) is 2.20. The van der Waals surface area contributed by atoms with Crippen LogP contribution in [-0.4, -0.2) is 42.5 Å². The third-order valence-electron chi connectivity index (χ3n) is 3.62. The van der Waals surface area contributed by atoms with E-state index < -0.39 is 9.85 Å². The molecule has 0 heterocycles. The number of hydrazone groups is 2. The van der Waals surface area contributed by atoms with Gasteiger partial charge in [-0.05, 0) is 12.1 Å². The number of nitrogens with zero attached hydrogens (tertiary/aromatic N) is 4. The summed E-state index contributed by atoms with van der Waals surface area (Å²) in [5.41, 5.74) is 5.43. The quantitative estimate of drug-likeness (QED) is 0.253. The van der Waals surface area contributed by atoms with Crippen molar-refractivity contribution in [1.82, 2.24) is 10.9 Å². The molecule has 0 unspecified atom stereocenters. The largest absolute Gasteiger partial charge is 0.496 e. The van der Waals surface area contributed by atoms with Crippen LogP contribution in [0.2, 0.25) is 0 Å². The van der Waals surface area contributed by atoms with Crippen LogP contribution in [0.5, 0.6) is 11.5 Å². The Kier molecular flexibility index (Phi) is 7.34. The molecule has 0 aliphatic carbocycles. The number of guanidine groups is 1. The van der Waals surface area contributed by atoms with Crippen molar-refractivity contribution in [2.75, 3.05) is 14.2 Å². The fraction of sp³-hybridized carbons (Fsp3) is 0.118. The Hall–Kier alpha value is -4.55. The summed E-state index contributed by atoms with van der Waals surface area (Å²) in [6.45, 7) is 0. The van der Waals surface area contributed by atoms with E-state index in [1.165, 1.54) is 63.0 Å². The second-order valence-corrected chi connectivity index (χ2v) is 5.48. The smallest absolute Gasteiger partial charge is 0.273 e. The molecule has 0 aromatic heterocycles. The van der Waals surface area contributed by atoms with Gasteiger partial charge in [-0.3, -0.25) is 25.6 Å².